The summed E-state index contributed by atoms with van der Waals surface area (Å²) in [6.07, 6.45) is 0. The second-order valence-electron chi connectivity index (χ2n) is 3.98. The normalized spacial score (nSPS) is 11.2. The van der Waals surface area contributed by atoms with Crippen molar-refractivity contribution >= 4 is 39.0 Å². The minimum atomic E-state index is -4.53. The summed E-state index contributed by atoms with van der Waals surface area (Å²) in [6, 6.07) is 5.79. The molecule has 0 heterocycles. The van der Waals surface area contributed by atoms with Gasteiger partial charge in [-0.05, 0) is 24.3 Å². The van der Waals surface area contributed by atoms with Gasteiger partial charge in [0.05, 0.1) is 9.95 Å². The van der Waals surface area contributed by atoms with Gasteiger partial charge in [0.25, 0.3) is 0 Å². The standard InChI is InChI=1S/C12H6Cl2FNO5S/c13-7-1-3-9(14)12(5-7)22(19,20)21-11-6-8(15)2-4-10(11)16(17)18/h1-6H. The van der Waals surface area contributed by atoms with Crippen molar-refractivity contribution in [1.29, 1.82) is 0 Å². The maximum Gasteiger partial charge on any atom is 0.341 e. The Morgan fingerprint density at radius 2 is 1.82 bits per heavy atom. The first kappa shape index (κ1) is 16.5. The molecule has 0 N–H and O–H groups in total. The van der Waals surface area contributed by atoms with Crippen LogP contribution in [0.4, 0.5) is 10.1 Å². The maximum atomic E-state index is 13.2. The molecule has 0 aromatic heterocycles. The van der Waals surface area contributed by atoms with Gasteiger partial charge in [-0.25, -0.2) is 4.39 Å². The van der Waals surface area contributed by atoms with Gasteiger partial charge in [-0.1, -0.05) is 23.2 Å². The Morgan fingerprint density at radius 3 is 2.45 bits per heavy atom. The van der Waals surface area contributed by atoms with Crippen LogP contribution in [0.25, 0.3) is 0 Å². The molecule has 0 aliphatic heterocycles. The number of benzene rings is 2. The fourth-order valence-electron chi connectivity index (χ4n) is 1.54. The van der Waals surface area contributed by atoms with E-state index in [0.29, 0.717) is 6.07 Å². The predicted octanol–water partition coefficient (Wildman–Crippen LogP) is 3.81. The fourth-order valence-corrected chi connectivity index (χ4v) is 3.21. The number of nitro benzene ring substituents is 1. The van der Waals surface area contributed by atoms with Gasteiger partial charge >= 0.3 is 15.8 Å². The SMILES string of the molecule is O=[N+]([O-])c1ccc(F)cc1OS(=O)(=O)c1cc(Cl)ccc1Cl. The van der Waals surface area contributed by atoms with Crippen LogP contribution in [0.3, 0.4) is 0 Å². The lowest BCUT2D eigenvalue weighted by atomic mass is 10.3. The molecule has 2 aromatic rings. The van der Waals surface area contributed by atoms with Crippen molar-refractivity contribution in [3.05, 3.63) is 62.4 Å². The summed E-state index contributed by atoms with van der Waals surface area (Å²) in [4.78, 5) is 9.45. The predicted molar refractivity (Wildman–Crippen MR) is 77.3 cm³/mol. The molecule has 0 bridgehead atoms. The molecule has 0 unspecified atom stereocenters. The molecular formula is C12H6Cl2FNO5S. The molecular weight excluding hydrogens is 360 g/mol. The Morgan fingerprint density at radius 1 is 1.14 bits per heavy atom. The van der Waals surface area contributed by atoms with E-state index in [-0.39, 0.29) is 10.0 Å². The van der Waals surface area contributed by atoms with Crippen LogP contribution in [0.1, 0.15) is 0 Å². The number of rotatable bonds is 4. The van der Waals surface area contributed by atoms with Gasteiger partial charge in [0.15, 0.2) is 0 Å². The minimum Gasteiger partial charge on any atom is -0.371 e. The number of halogens is 3. The van der Waals surface area contributed by atoms with E-state index in [9.17, 15) is 22.9 Å². The van der Waals surface area contributed by atoms with Crippen molar-refractivity contribution in [3.8, 4) is 5.75 Å². The van der Waals surface area contributed by atoms with Gasteiger partial charge in [-0.2, -0.15) is 8.42 Å². The van der Waals surface area contributed by atoms with Crippen molar-refractivity contribution in [3.63, 3.8) is 0 Å². The molecule has 0 radical (unpaired) electrons. The number of hydrogen-bond donors (Lipinski definition) is 0. The molecule has 2 rings (SSSR count). The van der Waals surface area contributed by atoms with Crippen LogP contribution >= 0.6 is 23.2 Å². The van der Waals surface area contributed by atoms with Gasteiger partial charge in [0.1, 0.15) is 10.7 Å². The highest BCUT2D eigenvalue weighted by atomic mass is 35.5. The van der Waals surface area contributed by atoms with Crippen LogP contribution < -0.4 is 4.18 Å². The number of nitrogens with zero attached hydrogens (tertiary/aromatic N) is 1. The average molecular weight is 366 g/mol. The first-order valence-corrected chi connectivity index (χ1v) is 7.70. The summed E-state index contributed by atoms with van der Waals surface area (Å²) in [5, 5.41) is 10.7. The summed E-state index contributed by atoms with van der Waals surface area (Å²) in [7, 11) is -4.53. The second kappa shape index (κ2) is 6.07. The van der Waals surface area contributed by atoms with E-state index in [0.717, 1.165) is 18.2 Å². The van der Waals surface area contributed by atoms with Crippen molar-refractivity contribution in [2.75, 3.05) is 0 Å². The molecule has 6 nitrogen and oxygen atoms in total. The van der Waals surface area contributed by atoms with Crippen LogP contribution in [0.15, 0.2) is 41.3 Å². The zero-order valence-electron chi connectivity index (χ0n) is 10.5. The first-order valence-electron chi connectivity index (χ1n) is 5.54. The van der Waals surface area contributed by atoms with Crippen molar-refractivity contribution in [2.24, 2.45) is 0 Å². The number of hydrogen-bond acceptors (Lipinski definition) is 5. The Labute approximate surface area is 134 Å². The highest BCUT2D eigenvalue weighted by molar-refractivity contribution is 7.87. The lowest BCUT2D eigenvalue weighted by Crippen LogP contribution is -2.11. The van der Waals surface area contributed by atoms with Crippen LogP contribution in [0.5, 0.6) is 5.75 Å². The lowest BCUT2D eigenvalue weighted by molar-refractivity contribution is -0.385. The molecule has 22 heavy (non-hydrogen) atoms. The maximum absolute atomic E-state index is 13.2. The zero-order chi connectivity index (χ0) is 16.5. The molecule has 0 atom stereocenters. The van der Waals surface area contributed by atoms with E-state index in [4.69, 9.17) is 23.2 Å². The molecule has 0 aliphatic carbocycles. The van der Waals surface area contributed by atoms with Gasteiger partial charge in [0.2, 0.25) is 5.75 Å². The van der Waals surface area contributed by atoms with E-state index < -0.39 is 37.2 Å². The second-order valence-corrected chi connectivity index (χ2v) is 6.34. The van der Waals surface area contributed by atoms with Crippen LogP contribution in [0.2, 0.25) is 10.0 Å². The largest absolute Gasteiger partial charge is 0.371 e. The third kappa shape index (κ3) is 3.46. The van der Waals surface area contributed by atoms with Gasteiger partial charge in [0, 0.05) is 17.2 Å². The van der Waals surface area contributed by atoms with Crippen LogP contribution in [-0.4, -0.2) is 13.3 Å². The molecule has 10 heteroatoms. The topological polar surface area (TPSA) is 86.5 Å². The Hall–Kier alpha value is -1.90. The fraction of sp³-hybridized carbons (Fsp3) is 0. The average Bonchev–Trinajstić information content (AvgIpc) is 2.40. The molecule has 0 aliphatic rings. The van der Waals surface area contributed by atoms with Crippen molar-refractivity contribution in [1.82, 2.24) is 0 Å². The third-order valence-electron chi connectivity index (χ3n) is 2.48. The smallest absolute Gasteiger partial charge is 0.341 e. The van der Waals surface area contributed by atoms with E-state index in [1.165, 1.54) is 12.1 Å². The van der Waals surface area contributed by atoms with E-state index in [2.05, 4.69) is 4.18 Å². The molecule has 0 spiro atoms. The monoisotopic (exact) mass is 365 g/mol. The summed E-state index contributed by atoms with van der Waals surface area (Å²) < 4.78 is 42.1. The Kier molecular flexibility index (Phi) is 4.55. The highest BCUT2D eigenvalue weighted by Gasteiger charge is 2.26. The van der Waals surface area contributed by atoms with Crippen molar-refractivity contribution in [2.45, 2.75) is 4.90 Å². The van der Waals surface area contributed by atoms with Crippen LogP contribution in [-0.2, 0) is 10.1 Å². The van der Waals surface area contributed by atoms with Gasteiger partial charge in [-0.15, -0.1) is 0 Å². The summed E-state index contributed by atoms with van der Waals surface area (Å²) in [5.74, 6) is -1.66. The minimum absolute atomic E-state index is 0.0697. The lowest BCUT2D eigenvalue weighted by Gasteiger charge is -2.09. The summed E-state index contributed by atoms with van der Waals surface area (Å²) in [6.45, 7) is 0. The quantitative estimate of drug-likeness (QED) is 0.467. The molecule has 116 valence electrons. The summed E-state index contributed by atoms with van der Waals surface area (Å²) >= 11 is 11.4. The van der Waals surface area contributed by atoms with E-state index in [1.807, 2.05) is 0 Å². The third-order valence-corrected chi connectivity index (χ3v) is 4.43. The molecule has 0 fully saturated rings. The van der Waals surface area contributed by atoms with Crippen molar-refractivity contribution < 1.29 is 21.9 Å². The van der Waals surface area contributed by atoms with E-state index in [1.54, 1.807) is 0 Å². The molecule has 2 aromatic carbocycles. The number of nitro groups is 1. The van der Waals surface area contributed by atoms with E-state index >= 15 is 0 Å². The molecule has 0 saturated heterocycles. The molecule has 0 amide bonds. The Balaban J connectivity index is 2.52. The molecule has 0 saturated carbocycles. The first-order chi connectivity index (χ1) is 10.2. The van der Waals surface area contributed by atoms with Crippen LogP contribution in [0, 0.1) is 15.9 Å². The Bertz CT molecular complexity index is 857. The summed E-state index contributed by atoms with van der Waals surface area (Å²) in [5.41, 5.74) is -0.705. The highest BCUT2D eigenvalue weighted by Crippen LogP contribution is 2.32. The van der Waals surface area contributed by atoms with Gasteiger partial charge < -0.3 is 4.18 Å². The van der Waals surface area contributed by atoms with Gasteiger partial charge in [-0.3, -0.25) is 10.1 Å². The zero-order valence-corrected chi connectivity index (χ0v) is 12.8.